The van der Waals surface area contributed by atoms with Gasteiger partial charge in [-0.1, -0.05) is 0 Å². The van der Waals surface area contributed by atoms with Crippen molar-refractivity contribution in [1.29, 1.82) is 0 Å². The molecule has 3 heteroatoms. The van der Waals surface area contributed by atoms with E-state index in [-0.39, 0.29) is 5.54 Å². The van der Waals surface area contributed by atoms with Gasteiger partial charge in [0, 0.05) is 37.3 Å². The zero-order chi connectivity index (χ0) is 11.6. The normalized spacial score (nSPS) is 30.8. The first kappa shape index (κ1) is 12.9. The number of piperazine rings is 1. The van der Waals surface area contributed by atoms with E-state index in [0.29, 0.717) is 12.1 Å². The summed E-state index contributed by atoms with van der Waals surface area (Å²) in [6.07, 6.45) is 0. The second-order valence-corrected chi connectivity index (χ2v) is 5.82. The standard InChI is InChI=1S/C12H27N3/c1-10-8-14(6)11(7-13-5)9-15(10)12(2,3)4/h10-11,13H,7-9H2,1-6H3. The van der Waals surface area contributed by atoms with Crippen molar-refractivity contribution in [2.75, 3.05) is 33.7 Å². The Labute approximate surface area is 94.8 Å². The highest BCUT2D eigenvalue weighted by molar-refractivity contribution is 4.91. The van der Waals surface area contributed by atoms with Crippen LogP contribution in [0.15, 0.2) is 0 Å². The van der Waals surface area contributed by atoms with Crippen molar-refractivity contribution in [3.63, 3.8) is 0 Å². The summed E-state index contributed by atoms with van der Waals surface area (Å²) in [5.74, 6) is 0. The van der Waals surface area contributed by atoms with Crippen LogP contribution in [0.1, 0.15) is 27.7 Å². The van der Waals surface area contributed by atoms with E-state index >= 15 is 0 Å². The van der Waals surface area contributed by atoms with Crippen LogP contribution in [-0.2, 0) is 0 Å². The molecule has 1 aliphatic heterocycles. The molecule has 0 aromatic rings. The molecule has 0 aromatic carbocycles. The van der Waals surface area contributed by atoms with Crippen LogP contribution in [0.3, 0.4) is 0 Å². The SMILES string of the molecule is CNCC1CN(C(C)(C)C)C(C)CN1C. The number of hydrogen-bond donors (Lipinski definition) is 1. The van der Waals surface area contributed by atoms with Crippen molar-refractivity contribution in [1.82, 2.24) is 15.1 Å². The summed E-state index contributed by atoms with van der Waals surface area (Å²) in [6, 6.07) is 1.30. The van der Waals surface area contributed by atoms with Crippen molar-refractivity contribution in [2.24, 2.45) is 0 Å². The molecule has 1 heterocycles. The van der Waals surface area contributed by atoms with E-state index in [0.717, 1.165) is 6.54 Å². The van der Waals surface area contributed by atoms with Gasteiger partial charge in [-0.25, -0.2) is 0 Å². The third kappa shape index (κ3) is 3.16. The van der Waals surface area contributed by atoms with Crippen LogP contribution in [-0.4, -0.2) is 61.2 Å². The maximum atomic E-state index is 3.29. The Kier molecular flexibility index (Phi) is 4.15. The fraction of sp³-hybridized carbons (Fsp3) is 1.00. The molecule has 2 unspecified atom stereocenters. The molecule has 90 valence electrons. The molecule has 1 N–H and O–H groups in total. The summed E-state index contributed by atoms with van der Waals surface area (Å²) in [5, 5.41) is 3.29. The fourth-order valence-electron chi connectivity index (χ4n) is 2.60. The van der Waals surface area contributed by atoms with E-state index < -0.39 is 0 Å². The van der Waals surface area contributed by atoms with Gasteiger partial charge in [0.05, 0.1) is 0 Å². The molecule has 3 nitrogen and oxygen atoms in total. The van der Waals surface area contributed by atoms with Crippen LogP contribution in [0.25, 0.3) is 0 Å². The highest BCUT2D eigenvalue weighted by Crippen LogP contribution is 2.22. The smallest absolute Gasteiger partial charge is 0.0345 e. The van der Waals surface area contributed by atoms with E-state index in [4.69, 9.17) is 0 Å². The maximum Gasteiger partial charge on any atom is 0.0345 e. The molecule has 0 amide bonds. The van der Waals surface area contributed by atoms with Crippen molar-refractivity contribution >= 4 is 0 Å². The minimum absolute atomic E-state index is 0.284. The predicted molar refractivity (Wildman–Crippen MR) is 66.3 cm³/mol. The van der Waals surface area contributed by atoms with E-state index in [1.807, 2.05) is 7.05 Å². The average Bonchev–Trinajstić information content (AvgIpc) is 2.07. The van der Waals surface area contributed by atoms with Gasteiger partial charge >= 0.3 is 0 Å². The Balaban J connectivity index is 2.67. The monoisotopic (exact) mass is 213 g/mol. The largest absolute Gasteiger partial charge is 0.318 e. The van der Waals surface area contributed by atoms with Crippen molar-refractivity contribution in [2.45, 2.75) is 45.3 Å². The van der Waals surface area contributed by atoms with Crippen LogP contribution < -0.4 is 5.32 Å². The molecule has 15 heavy (non-hydrogen) atoms. The molecule has 1 aliphatic rings. The first-order chi connectivity index (χ1) is 6.86. The first-order valence-electron chi connectivity index (χ1n) is 5.98. The highest BCUT2D eigenvalue weighted by atomic mass is 15.3. The summed E-state index contributed by atoms with van der Waals surface area (Å²) in [5.41, 5.74) is 0.284. The quantitative estimate of drug-likeness (QED) is 0.738. The summed E-state index contributed by atoms with van der Waals surface area (Å²) < 4.78 is 0. The summed E-state index contributed by atoms with van der Waals surface area (Å²) in [7, 11) is 4.27. The molecule has 0 saturated carbocycles. The van der Waals surface area contributed by atoms with Gasteiger partial charge in [-0.2, -0.15) is 0 Å². The van der Waals surface area contributed by atoms with Crippen molar-refractivity contribution < 1.29 is 0 Å². The van der Waals surface area contributed by atoms with Gasteiger partial charge in [-0.3, -0.25) is 9.80 Å². The van der Waals surface area contributed by atoms with E-state index in [2.05, 4.69) is 49.9 Å². The topological polar surface area (TPSA) is 18.5 Å². The van der Waals surface area contributed by atoms with Crippen LogP contribution in [0.5, 0.6) is 0 Å². The van der Waals surface area contributed by atoms with Gasteiger partial charge in [0.2, 0.25) is 0 Å². The van der Waals surface area contributed by atoms with E-state index in [1.165, 1.54) is 13.1 Å². The minimum atomic E-state index is 0.284. The van der Waals surface area contributed by atoms with Gasteiger partial charge in [0.1, 0.15) is 0 Å². The molecule has 1 rings (SSSR count). The number of likely N-dealkylation sites (N-methyl/N-ethyl adjacent to an activating group) is 2. The van der Waals surface area contributed by atoms with Gasteiger partial charge < -0.3 is 5.32 Å². The lowest BCUT2D eigenvalue weighted by Gasteiger charge is -2.49. The molecule has 0 radical (unpaired) electrons. The Morgan fingerprint density at radius 3 is 2.33 bits per heavy atom. The second-order valence-electron chi connectivity index (χ2n) is 5.82. The Bertz CT molecular complexity index is 198. The molecule has 0 bridgehead atoms. The van der Waals surface area contributed by atoms with Crippen LogP contribution >= 0.6 is 0 Å². The summed E-state index contributed by atoms with van der Waals surface area (Å²) in [4.78, 5) is 5.10. The van der Waals surface area contributed by atoms with Crippen LogP contribution in [0, 0.1) is 0 Å². The Hall–Kier alpha value is -0.120. The van der Waals surface area contributed by atoms with E-state index in [1.54, 1.807) is 0 Å². The van der Waals surface area contributed by atoms with Crippen molar-refractivity contribution in [3.8, 4) is 0 Å². The third-order valence-corrected chi connectivity index (χ3v) is 3.42. The second kappa shape index (κ2) is 4.81. The zero-order valence-corrected chi connectivity index (χ0v) is 11.2. The van der Waals surface area contributed by atoms with Gasteiger partial charge in [0.25, 0.3) is 0 Å². The number of hydrogen-bond acceptors (Lipinski definition) is 3. The fourth-order valence-corrected chi connectivity index (χ4v) is 2.60. The van der Waals surface area contributed by atoms with Crippen molar-refractivity contribution in [3.05, 3.63) is 0 Å². The lowest BCUT2D eigenvalue weighted by Crippen LogP contribution is -2.62. The lowest BCUT2D eigenvalue weighted by molar-refractivity contribution is -0.00461. The Morgan fingerprint density at radius 2 is 1.87 bits per heavy atom. The van der Waals surface area contributed by atoms with Crippen LogP contribution in [0.4, 0.5) is 0 Å². The number of rotatable bonds is 2. The molecular formula is C12H27N3. The van der Waals surface area contributed by atoms with Gasteiger partial charge in [-0.05, 0) is 41.8 Å². The molecule has 2 atom stereocenters. The molecule has 1 saturated heterocycles. The number of nitrogens with one attached hydrogen (secondary N) is 1. The Morgan fingerprint density at radius 1 is 1.27 bits per heavy atom. The lowest BCUT2D eigenvalue weighted by atomic mass is 9.98. The first-order valence-corrected chi connectivity index (χ1v) is 5.98. The molecule has 0 aromatic heterocycles. The van der Waals surface area contributed by atoms with Gasteiger partial charge in [-0.15, -0.1) is 0 Å². The van der Waals surface area contributed by atoms with Gasteiger partial charge in [0.15, 0.2) is 0 Å². The minimum Gasteiger partial charge on any atom is -0.318 e. The van der Waals surface area contributed by atoms with E-state index in [9.17, 15) is 0 Å². The molecule has 1 fully saturated rings. The number of nitrogens with zero attached hydrogens (tertiary/aromatic N) is 2. The van der Waals surface area contributed by atoms with Crippen LogP contribution in [0.2, 0.25) is 0 Å². The average molecular weight is 213 g/mol. The zero-order valence-electron chi connectivity index (χ0n) is 11.2. The molecular weight excluding hydrogens is 186 g/mol. The molecule has 0 aliphatic carbocycles. The predicted octanol–water partition coefficient (Wildman–Crippen LogP) is 1.01. The molecule has 0 spiro atoms. The summed E-state index contributed by atoms with van der Waals surface area (Å²) in [6.45, 7) is 12.7. The highest BCUT2D eigenvalue weighted by Gasteiger charge is 2.34. The maximum absolute atomic E-state index is 3.29. The third-order valence-electron chi connectivity index (χ3n) is 3.42. The summed E-state index contributed by atoms with van der Waals surface area (Å²) >= 11 is 0.